The molecule has 136 valence electrons. The standard InChI is InChI=1S/C21H15N5OS/c27-21(18-10-14(12-28-18)13-6-2-1-3-7-13)25-17-11-22-26-19(17)20-23-15-8-4-5-9-16(15)24-20/h1-12H,(H,22,26)(H,23,24)(H,25,27). The first-order valence-electron chi connectivity index (χ1n) is 8.72. The van der Waals surface area contributed by atoms with Crippen molar-refractivity contribution in [2.45, 2.75) is 0 Å². The van der Waals surface area contributed by atoms with E-state index < -0.39 is 0 Å². The van der Waals surface area contributed by atoms with E-state index in [0.29, 0.717) is 22.1 Å². The number of imidazole rings is 1. The monoisotopic (exact) mass is 385 g/mol. The number of carbonyl (C=O) groups excluding carboxylic acids is 1. The molecule has 0 aliphatic rings. The second-order valence-corrected chi connectivity index (χ2v) is 7.19. The number of para-hydroxylation sites is 2. The molecule has 3 aromatic heterocycles. The van der Waals surface area contributed by atoms with Crippen LogP contribution < -0.4 is 5.32 Å². The molecule has 0 bridgehead atoms. The molecule has 0 fully saturated rings. The second kappa shape index (κ2) is 6.79. The van der Waals surface area contributed by atoms with Crippen molar-refractivity contribution in [2.24, 2.45) is 0 Å². The van der Waals surface area contributed by atoms with Crippen LogP contribution in [0.2, 0.25) is 0 Å². The largest absolute Gasteiger partial charge is 0.337 e. The Hall–Kier alpha value is -3.71. The van der Waals surface area contributed by atoms with Gasteiger partial charge in [-0.3, -0.25) is 9.89 Å². The number of aromatic amines is 2. The summed E-state index contributed by atoms with van der Waals surface area (Å²) in [6.07, 6.45) is 1.59. The number of aromatic nitrogens is 4. The van der Waals surface area contributed by atoms with Crippen molar-refractivity contribution in [1.82, 2.24) is 20.2 Å². The summed E-state index contributed by atoms with van der Waals surface area (Å²) in [4.78, 5) is 21.2. The van der Waals surface area contributed by atoms with Crippen molar-refractivity contribution in [3.63, 3.8) is 0 Å². The van der Waals surface area contributed by atoms with E-state index in [-0.39, 0.29) is 5.91 Å². The van der Waals surface area contributed by atoms with E-state index in [1.165, 1.54) is 11.3 Å². The average Bonchev–Trinajstić information content (AvgIpc) is 3.47. The van der Waals surface area contributed by atoms with Gasteiger partial charge in [0.25, 0.3) is 5.91 Å². The molecule has 0 aliphatic carbocycles. The summed E-state index contributed by atoms with van der Waals surface area (Å²) >= 11 is 1.41. The van der Waals surface area contributed by atoms with Crippen molar-refractivity contribution in [2.75, 3.05) is 5.32 Å². The van der Waals surface area contributed by atoms with Gasteiger partial charge < -0.3 is 10.3 Å². The highest BCUT2D eigenvalue weighted by Crippen LogP contribution is 2.28. The third-order valence-corrected chi connectivity index (χ3v) is 5.37. The number of nitrogens with zero attached hydrogens (tertiary/aromatic N) is 2. The molecule has 0 unspecified atom stereocenters. The number of thiophene rings is 1. The van der Waals surface area contributed by atoms with Gasteiger partial charge in [0.15, 0.2) is 5.82 Å². The van der Waals surface area contributed by atoms with Crippen LogP contribution in [0.4, 0.5) is 5.69 Å². The third kappa shape index (κ3) is 2.97. The number of rotatable bonds is 4. The minimum atomic E-state index is -0.175. The van der Waals surface area contributed by atoms with Crippen LogP contribution in [0.3, 0.4) is 0 Å². The minimum absolute atomic E-state index is 0.175. The van der Waals surface area contributed by atoms with Gasteiger partial charge in [-0.15, -0.1) is 11.3 Å². The number of amides is 1. The Bertz CT molecular complexity index is 1240. The average molecular weight is 385 g/mol. The van der Waals surface area contributed by atoms with Crippen LogP contribution in [-0.4, -0.2) is 26.1 Å². The maximum Gasteiger partial charge on any atom is 0.265 e. The first-order chi connectivity index (χ1) is 13.8. The lowest BCUT2D eigenvalue weighted by atomic mass is 10.1. The van der Waals surface area contributed by atoms with Crippen molar-refractivity contribution in [3.8, 4) is 22.6 Å². The molecule has 3 heterocycles. The number of nitrogens with one attached hydrogen (secondary N) is 3. The zero-order valence-corrected chi connectivity index (χ0v) is 15.5. The lowest BCUT2D eigenvalue weighted by Gasteiger charge is -2.02. The number of benzene rings is 2. The summed E-state index contributed by atoms with van der Waals surface area (Å²) in [5.74, 6) is 0.455. The Kier molecular flexibility index (Phi) is 3.99. The second-order valence-electron chi connectivity index (χ2n) is 6.28. The molecule has 2 aromatic carbocycles. The van der Waals surface area contributed by atoms with E-state index in [1.54, 1.807) is 6.20 Å². The highest BCUT2D eigenvalue weighted by atomic mass is 32.1. The number of hydrogen-bond acceptors (Lipinski definition) is 4. The lowest BCUT2D eigenvalue weighted by Crippen LogP contribution is -2.10. The molecule has 5 rings (SSSR count). The van der Waals surface area contributed by atoms with Gasteiger partial charge in [-0.2, -0.15) is 5.10 Å². The smallest absolute Gasteiger partial charge is 0.265 e. The van der Waals surface area contributed by atoms with Crippen molar-refractivity contribution in [3.05, 3.63) is 77.1 Å². The van der Waals surface area contributed by atoms with Gasteiger partial charge in [0.1, 0.15) is 5.69 Å². The zero-order valence-electron chi connectivity index (χ0n) is 14.6. The van der Waals surface area contributed by atoms with Gasteiger partial charge in [-0.25, -0.2) is 4.98 Å². The van der Waals surface area contributed by atoms with Crippen molar-refractivity contribution < 1.29 is 4.79 Å². The Morgan fingerprint density at radius 1 is 1.00 bits per heavy atom. The maximum absolute atomic E-state index is 12.7. The van der Waals surface area contributed by atoms with Crippen molar-refractivity contribution >= 4 is 34.0 Å². The number of hydrogen-bond donors (Lipinski definition) is 3. The van der Waals surface area contributed by atoms with E-state index in [9.17, 15) is 4.79 Å². The minimum Gasteiger partial charge on any atom is -0.337 e. The van der Waals surface area contributed by atoms with E-state index in [0.717, 1.165) is 22.2 Å². The maximum atomic E-state index is 12.7. The quantitative estimate of drug-likeness (QED) is 0.410. The summed E-state index contributed by atoms with van der Waals surface area (Å²) < 4.78 is 0. The van der Waals surface area contributed by atoms with Crippen LogP contribution in [0.5, 0.6) is 0 Å². The molecule has 6 nitrogen and oxygen atoms in total. The molecule has 0 atom stereocenters. The van der Waals surface area contributed by atoms with Gasteiger partial charge in [0, 0.05) is 0 Å². The first-order valence-corrected chi connectivity index (χ1v) is 9.60. The molecule has 0 saturated carbocycles. The predicted molar refractivity (Wildman–Crippen MR) is 111 cm³/mol. The summed E-state index contributed by atoms with van der Waals surface area (Å²) in [7, 11) is 0. The Balaban J connectivity index is 1.41. The lowest BCUT2D eigenvalue weighted by molar-refractivity contribution is 0.103. The predicted octanol–water partition coefficient (Wildman–Crippen LogP) is 4.93. The Morgan fingerprint density at radius 2 is 1.82 bits per heavy atom. The van der Waals surface area contributed by atoms with Crippen LogP contribution in [0.25, 0.3) is 33.7 Å². The molecule has 28 heavy (non-hydrogen) atoms. The summed E-state index contributed by atoms with van der Waals surface area (Å²) in [6, 6.07) is 19.7. The van der Waals surface area contributed by atoms with E-state index in [1.807, 2.05) is 66.0 Å². The zero-order chi connectivity index (χ0) is 18.9. The Labute approximate surface area is 164 Å². The summed E-state index contributed by atoms with van der Waals surface area (Å²) in [5, 5.41) is 11.9. The van der Waals surface area contributed by atoms with Gasteiger partial charge >= 0.3 is 0 Å². The van der Waals surface area contributed by atoms with Gasteiger partial charge in [-0.05, 0) is 34.7 Å². The topological polar surface area (TPSA) is 86.5 Å². The molecular formula is C21H15N5OS. The Morgan fingerprint density at radius 3 is 2.68 bits per heavy atom. The third-order valence-electron chi connectivity index (χ3n) is 4.44. The van der Waals surface area contributed by atoms with E-state index in [4.69, 9.17) is 0 Å². The van der Waals surface area contributed by atoms with Gasteiger partial charge in [0.05, 0.1) is 27.8 Å². The summed E-state index contributed by atoms with van der Waals surface area (Å²) in [6.45, 7) is 0. The number of fused-ring (bicyclic) bond motifs is 1. The fraction of sp³-hybridized carbons (Fsp3) is 0. The van der Waals surface area contributed by atoms with Crippen LogP contribution >= 0.6 is 11.3 Å². The molecule has 3 N–H and O–H groups in total. The van der Waals surface area contributed by atoms with E-state index in [2.05, 4.69) is 25.5 Å². The molecule has 0 aliphatic heterocycles. The number of anilines is 1. The van der Waals surface area contributed by atoms with Crippen LogP contribution in [0, 0.1) is 0 Å². The molecular weight excluding hydrogens is 370 g/mol. The normalized spacial score (nSPS) is 11.0. The van der Waals surface area contributed by atoms with Crippen LogP contribution in [-0.2, 0) is 0 Å². The van der Waals surface area contributed by atoms with Crippen LogP contribution in [0.15, 0.2) is 72.2 Å². The first kappa shape index (κ1) is 16.5. The highest BCUT2D eigenvalue weighted by molar-refractivity contribution is 7.12. The SMILES string of the molecule is O=C(Nc1cn[nH]c1-c1nc2ccccc2[nH]1)c1cc(-c2ccccc2)cs1. The molecule has 1 amide bonds. The fourth-order valence-electron chi connectivity index (χ4n) is 3.05. The van der Waals surface area contributed by atoms with Crippen LogP contribution in [0.1, 0.15) is 9.67 Å². The van der Waals surface area contributed by atoms with E-state index >= 15 is 0 Å². The molecule has 5 aromatic rings. The van der Waals surface area contributed by atoms with Crippen molar-refractivity contribution in [1.29, 1.82) is 0 Å². The highest BCUT2D eigenvalue weighted by Gasteiger charge is 2.16. The number of carbonyl (C=O) groups is 1. The molecule has 0 saturated heterocycles. The molecule has 0 spiro atoms. The summed E-state index contributed by atoms with van der Waals surface area (Å²) in [5.41, 5.74) is 5.12. The molecule has 7 heteroatoms. The van der Waals surface area contributed by atoms with Gasteiger partial charge in [-0.1, -0.05) is 42.5 Å². The van der Waals surface area contributed by atoms with Gasteiger partial charge in [0.2, 0.25) is 0 Å². The fourth-order valence-corrected chi connectivity index (χ4v) is 3.86. The number of H-pyrrole nitrogens is 2. The molecule has 0 radical (unpaired) electrons.